The predicted octanol–water partition coefficient (Wildman–Crippen LogP) is 0.160. The van der Waals surface area contributed by atoms with Crippen molar-refractivity contribution in [1.82, 2.24) is 0 Å². The molecule has 1 aliphatic rings. The van der Waals surface area contributed by atoms with Crippen molar-refractivity contribution in [3.8, 4) is 12.3 Å². The van der Waals surface area contributed by atoms with Crippen LogP contribution in [0.15, 0.2) is 0 Å². The van der Waals surface area contributed by atoms with Gasteiger partial charge < -0.3 is 9.84 Å². The van der Waals surface area contributed by atoms with Gasteiger partial charge in [0.1, 0.15) is 6.10 Å². The monoisotopic (exact) mass is 126 g/mol. The van der Waals surface area contributed by atoms with Gasteiger partial charge in [-0.25, -0.2) is 0 Å². The van der Waals surface area contributed by atoms with Crippen molar-refractivity contribution in [2.45, 2.75) is 25.0 Å². The van der Waals surface area contributed by atoms with Gasteiger partial charge in [-0.1, -0.05) is 5.92 Å². The Morgan fingerprint density at radius 1 is 1.67 bits per heavy atom. The first-order chi connectivity index (χ1) is 4.38. The van der Waals surface area contributed by atoms with Crippen molar-refractivity contribution in [1.29, 1.82) is 0 Å². The van der Waals surface area contributed by atoms with Crippen molar-refractivity contribution in [2.75, 3.05) is 6.61 Å². The summed E-state index contributed by atoms with van der Waals surface area (Å²) in [4.78, 5) is 0. The smallest absolute Gasteiger partial charge is 0.144 e. The zero-order valence-corrected chi connectivity index (χ0v) is 5.21. The fourth-order valence-corrected chi connectivity index (χ4v) is 0.801. The SMILES string of the molecule is C#C[C@@H]1O[C@@H]1CCCO. The van der Waals surface area contributed by atoms with Crippen LogP contribution in [0.5, 0.6) is 0 Å². The maximum absolute atomic E-state index is 8.39. The highest BCUT2D eigenvalue weighted by Gasteiger charge is 2.35. The van der Waals surface area contributed by atoms with Crippen LogP contribution in [-0.4, -0.2) is 23.9 Å². The van der Waals surface area contributed by atoms with E-state index >= 15 is 0 Å². The van der Waals surface area contributed by atoms with Gasteiger partial charge >= 0.3 is 0 Å². The molecule has 1 saturated heterocycles. The Labute approximate surface area is 54.8 Å². The summed E-state index contributed by atoms with van der Waals surface area (Å²) in [5.74, 6) is 2.49. The first kappa shape index (κ1) is 6.60. The Bertz CT molecular complexity index is 125. The molecule has 1 aliphatic heterocycles. The number of hydrogen-bond acceptors (Lipinski definition) is 2. The largest absolute Gasteiger partial charge is 0.396 e. The van der Waals surface area contributed by atoms with Crippen molar-refractivity contribution in [3.63, 3.8) is 0 Å². The fourth-order valence-electron chi connectivity index (χ4n) is 0.801. The lowest BCUT2D eigenvalue weighted by atomic mass is 10.2. The van der Waals surface area contributed by atoms with Crippen molar-refractivity contribution < 1.29 is 9.84 Å². The molecule has 1 N–H and O–H groups in total. The van der Waals surface area contributed by atoms with E-state index in [9.17, 15) is 0 Å². The predicted molar refractivity (Wildman–Crippen MR) is 33.8 cm³/mol. The van der Waals surface area contributed by atoms with Crippen LogP contribution in [0.4, 0.5) is 0 Å². The highest BCUT2D eigenvalue weighted by molar-refractivity contribution is 5.07. The third-order valence-corrected chi connectivity index (χ3v) is 1.39. The van der Waals surface area contributed by atoms with E-state index in [1.165, 1.54) is 0 Å². The maximum Gasteiger partial charge on any atom is 0.144 e. The molecule has 1 fully saturated rings. The average molecular weight is 126 g/mol. The van der Waals surface area contributed by atoms with Crippen LogP contribution in [-0.2, 0) is 4.74 Å². The number of hydrogen-bond donors (Lipinski definition) is 1. The molecule has 0 saturated carbocycles. The highest BCUT2D eigenvalue weighted by Crippen LogP contribution is 2.24. The number of epoxide rings is 1. The van der Waals surface area contributed by atoms with Gasteiger partial charge in [-0.3, -0.25) is 0 Å². The van der Waals surface area contributed by atoms with E-state index in [1.54, 1.807) is 0 Å². The summed E-state index contributed by atoms with van der Waals surface area (Å²) in [6.45, 7) is 0.233. The van der Waals surface area contributed by atoms with Crippen LogP contribution in [0, 0.1) is 12.3 Å². The van der Waals surface area contributed by atoms with Crippen LogP contribution in [0.25, 0.3) is 0 Å². The summed E-state index contributed by atoms with van der Waals surface area (Å²) >= 11 is 0. The Morgan fingerprint density at radius 3 is 2.89 bits per heavy atom. The quantitative estimate of drug-likeness (QED) is 0.431. The van der Waals surface area contributed by atoms with Gasteiger partial charge in [0, 0.05) is 6.61 Å². The summed E-state index contributed by atoms with van der Waals surface area (Å²) in [5.41, 5.74) is 0. The Hall–Kier alpha value is -0.520. The molecule has 2 heteroatoms. The molecule has 1 rings (SSSR count). The molecule has 0 bridgehead atoms. The third-order valence-electron chi connectivity index (χ3n) is 1.39. The molecule has 0 radical (unpaired) electrons. The normalized spacial score (nSPS) is 31.6. The molecule has 50 valence electrons. The second kappa shape index (κ2) is 2.86. The van der Waals surface area contributed by atoms with Gasteiger partial charge in [0.2, 0.25) is 0 Å². The molecule has 2 atom stereocenters. The molecule has 9 heavy (non-hydrogen) atoms. The van der Waals surface area contributed by atoms with E-state index in [0.717, 1.165) is 12.8 Å². The molecule has 1 heterocycles. The topological polar surface area (TPSA) is 32.8 Å². The van der Waals surface area contributed by atoms with Gasteiger partial charge in [-0.2, -0.15) is 0 Å². The van der Waals surface area contributed by atoms with Gasteiger partial charge in [-0.05, 0) is 12.8 Å². The maximum atomic E-state index is 8.39. The van der Waals surface area contributed by atoms with Crippen LogP contribution >= 0.6 is 0 Å². The van der Waals surface area contributed by atoms with Crippen molar-refractivity contribution in [3.05, 3.63) is 0 Å². The molecular weight excluding hydrogens is 116 g/mol. The first-order valence-electron chi connectivity index (χ1n) is 3.11. The van der Waals surface area contributed by atoms with Crippen LogP contribution in [0.1, 0.15) is 12.8 Å². The molecule has 0 aromatic carbocycles. The molecule has 2 nitrogen and oxygen atoms in total. The number of aliphatic hydroxyl groups is 1. The second-order valence-corrected chi connectivity index (χ2v) is 2.13. The van der Waals surface area contributed by atoms with Gasteiger partial charge in [0.25, 0.3) is 0 Å². The van der Waals surface area contributed by atoms with Gasteiger partial charge in [-0.15, -0.1) is 6.42 Å². The first-order valence-corrected chi connectivity index (χ1v) is 3.11. The number of terminal acetylenes is 1. The summed E-state index contributed by atoms with van der Waals surface area (Å²) in [6.07, 6.45) is 7.02. The third kappa shape index (κ3) is 1.70. The highest BCUT2D eigenvalue weighted by atomic mass is 16.6. The molecule has 0 amide bonds. The minimum absolute atomic E-state index is 0.0385. The summed E-state index contributed by atoms with van der Waals surface area (Å²) in [7, 11) is 0. The number of ether oxygens (including phenoxy) is 1. The standard InChI is InChI=1S/C7H10O2/c1-2-6-7(9-6)4-3-5-8/h1,6-8H,3-5H2/t6-,7+/m0/s1. The zero-order valence-electron chi connectivity index (χ0n) is 5.21. The molecule has 0 aliphatic carbocycles. The molecule has 0 aromatic rings. The van der Waals surface area contributed by atoms with E-state index in [1.807, 2.05) is 0 Å². The van der Waals surface area contributed by atoms with Crippen molar-refractivity contribution >= 4 is 0 Å². The van der Waals surface area contributed by atoms with Crippen LogP contribution in [0.3, 0.4) is 0 Å². The van der Waals surface area contributed by atoms with E-state index in [-0.39, 0.29) is 18.8 Å². The lowest BCUT2D eigenvalue weighted by Crippen LogP contribution is -1.92. The summed E-state index contributed by atoms with van der Waals surface area (Å²) in [6, 6.07) is 0. The Kier molecular flexibility index (Phi) is 2.10. The zero-order chi connectivity index (χ0) is 6.69. The minimum atomic E-state index is 0.0385. The summed E-state index contributed by atoms with van der Waals surface area (Å²) < 4.78 is 5.02. The fraction of sp³-hybridized carbons (Fsp3) is 0.714. The second-order valence-electron chi connectivity index (χ2n) is 2.13. The summed E-state index contributed by atoms with van der Waals surface area (Å²) in [5, 5.41) is 8.39. The lowest BCUT2D eigenvalue weighted by molar-refractivity contribution is 0.273. The van der Waals surface area contributed by atoms with Crippen molar-refractivity contribution in [2.24, 2.45) is 0 Å². The Balaban J connectivity index is 2.00. The van der Waals surface area contributed by atoms with Gasteiger partial charge in [0.05, 0.1) is 6.10 Å². The minimum Gasteiger partial charge on any atom is -0.396 e. The number of aliphatic hydroxyl groups excluding tert-OH is 1. The van der Waals surface area contributed by atoms with E-state index in [0.29, 0.717) is 0 Å². The molecule has 0 spiro atoms. The van der Waals surface area contributed by atoms with E-state index in [4.69, 9.17) is 16.3 Å². The van der Waals surface area contributed by atoms with E-state index in [2.05, 4.69) is 5.92 Å². The number of rotatable bonds is 3. The molecule has 0 aromatic heterocycles. The lowest BCUT2D eigenvalue weighted by Gasteiger charge is -1.87. The van der Waals surface area contributed by atoms with Gasteiger partial charge in [0.15, 0.2) is 0 Å². The Morgan fingerprint density at radius 2 is 2.44 bits per heavy atom. The average Bonchev–Trinajstić information content (AvgIpc) is 2.62. The molecule has 0 unspecified atom stereocenters. The van der Waals surface area contributed by atoms with E-state index < -0.39 is 0 Å². The van der Waals surface area contributed by atoms with Crippen LogP contribution in [0.2, 0.25) is 0 Å². The van der Waals surface area contributed by atoms with Crippen LogP contribution < -0.4 is 0 Å². The molecular formula is C7H10O2.